The number of phenolic OH excluding ortho intramolecular Hbond substituents is 1. The van der Waals surface area contributed by atoms with Crippen LogP contribution in [0.25, 0.3) is 32.3 Å². The Hall–Kier alpha value is -2.21. The molecule has 6 rings (SSSR count). The molecule has 6 aromatic carbocycles. The van der Waals surface area contributed by atoms with Crippen LogP contribution in [-0.4, -0.2) is 59.4 Å². The van der Waals surface area contributed by atoms with Gasteiger partial charge in [-0.05, 0) is 33.7 Å². The minimum atomic E-state index is -4.80. The van der Waals surface area contributed by atoms with E-state index < -0.39 is 20.8 Å². The first-order valence-electron chi connectivity index (χ1n) is 18.9. The fourth-order valence-electron chi connectivity index (χ4n) is 4.61. The molecule has 0 bridgehead atoms. The van der Waals surface area contributed by atoms with Crippen LogP contribution >= 0.6 is 36.1 Å². The molecular formula is C42H57N5O11S4Y2. The maximum Gasteiger partial charge on any atom is 0.297 e. The van der Waals surface area contributed by atoms with Crippen molar-refractivity contribution in [1.29, 1.82) is 0 Å². The maximum absolute atomic E-state index is 11.8. The van der Waals surface area contributed by atoms with Crippen molar-refractivity contribution in [3.63, 3.8) is 0 Å². The van der Waals surface area contributed by atoms with Gasteiger partial charge < -0.3 is 10.8 Å². The summed E-state index contributed by atoms with van der Waals surface area (Å²) in [5.41, 5.74) is 5.24. The number of anilines is 1. The third kappa shape index (κ3) is 25.6. The van der Waals surface area contributed by atoms with Crippen molar-refractivity contribution in [2.24, 2.45) is 20.5 Å². The fourth-order valence-corrected chi connectivity index (χ4v) is 6.14. The van der Waals surface area contributed by atoms with Crippen molar-refractivity contribution in [3.8, 4) is 5.75 Å². The predicted molar refractivity (Wildman–Crippen MR) is 255 cm³/mol. The van der Waals surface area contributed by atoms with Gasteiger partial charge in [-0.15, -0.1) is 4.33 Å². The SMILES string of the molecule is CCC.CCC.CCSOO.CCSOO.CN=Nc1cc2c(O)c(N=NC)c(SOOO)cc2c(S(=O)(=O)O)c1N.[Y].[Y].c1ccc2ccccc2c1.c1ccc2ccccc2c1. The van der Waals surface area contributed by atoms with E-state index in [-0.39, 0.29) is 98.1 Å². The average Bonchev–Trinajstić information content (AvgIpc) is 3.26. The van der Waals surface area contributed by atoms with Crippen molar-refractivity contribution in [3.05, 3.63) is 109 Å². The molecule has 7 N–H and O–H groups in total. The molecule has 0 unspecified atom stereocenters. The number of hydrogen-bond donors (Lipinski definition) is 6. The topological polar surface area (TPSA) is 248 Å². The Morgan fingerprint density at radius 1 is 0.625 bits per heavy atom. The quantitative estimate of drug-likeness (QED) is 0.0186. The summed E-state index contributed by atoms with van der Waals surface area (Å²) in [6, 6.07) is 35.9. The van der Waals surface area contributed by atoms with E-state index >= 15 is 0 Å². The molecule has 16 nitrogen and oxygen atoms in total. The average molecular weight is 1110 g/mol. The summed E-state index contributed by atoms with van der Waals surface area (Å²) in [7, 11) is -2.13. The minimum absolute atomic E-state index is 0. The number of aromatic hydroxyl groups is 1. The summed E-state index contributed by atoms with van der Waals surface area (Å²) in [5.74, 6) is 1.09. The Balaban J connectivity index is -0.000000805. The summed E-state index contributed by atoms with van der Waals surface area (Å²) in [6.07, 6.45) is 2.50. The van der Waals surface area contributed by atoms with E-state index in [4.69, 9.17) is 21.5 Å². The van der Waals surface area contributed by atoms with Crippen LogP contribution in [0.3, 0.4) is 0 Å². The second kappa shape index (κ2) is 41.0. The van der Waals surface area contributed by atoms with E-state index in [9.17, 15) is 18.1 Å². The van der Waals surface area contributed by atoms with E-state index in [1.54, 1.807) is 0 Å². The molecule has 0 aliphatic carbocycles. The molecule has 0 fully saturated rings. The number of azo groups is 2. The first kappa shape index (κ1) is 66.1. The van der Waals surface area contributed by atoms with Crippen molar-refractivity contribution in [2.75, 3.05) is 31.3 Å². The number of nitrogen functional groups attached to an aromatic ring is 1. The number of nitrogens with two attached hydrogens (primary N) is 1. The summed E-state index contributed by atoms with van der Waals surface area (Å²) in [6.45, 7) is 12.3. The van der Waals surface area contributed by atoms with Crippen LogP contribution in [0, 0.1) is 0 Å². The fraction of sp³-hybridized carbons (Fsp3) is 0.286. The zero-order valence-electron chi connectivity index (χ0n) is 37.1. The Morgan fingerprint density at radius 2 is 0.984 bits per heavy atom. The molecule has 6 aromatic rings. The van der Waals surface area contributed by atoms with Crippen LogP contribution in [-0.2, 0) is 93.6 Å². The number of fused-ring (bicyclic) bond motifs is 3. The van der Waals surface area contributed by atoms with Gasteiger partial charge in [-0.1, -0.05) is 156 Å². The van der Waals surface area contributed by atoms with E-state index in [0.29, 0.717) is 12.0 Å². The number of phenols is 1. The molecule has 0 saturated carbocycles. The minimum Gasteiger partial charge on any atom is -0.505 e. The summed E-state index contributed by atoms with van der Waals surface area (Å²) < 4.78 is 44.8. The number of nitrogens with zero attached hydrogens (tertiary/aromatic N) is 4. The van der Waals surface area contributed by atoms with Gasteiger partial charge in [0.05, 0.1) is 22.6 Å². The zero-order valence-corrected chi connectivity index (χ0v) is 46.0. The van der Waals surface area contributed by atoms with Crippen LogP contribution in [0.1, 0.15) is 54.4 Å². The third-order valence-corrected chi connectivity index (χ3v) is 9.06. The van der Waals surface area contributed by atoms with Gasteiger partial charge in [0, 0.05) is 126 Å². The summed E-state index contributed by atoms with van der Waals surface area (Å²) in [5, 5.41) is 57.0. The predicted octanol–water partition coefficient (Wildman–Crippen LogP) is 14.0. The Bertz CT molecular complexity index is 2100. The maximum atomic E-state index is 11.8. The second-order valence-corrected chi connectivity index (χ2v) is 15.7. The first-order valence-corrected chi connectivity index (χ1v) is 22.9. The molecule has 64 heavy (non-hydrogen) atoms. The number of benzene rings is 6. The normalized spacial score (nSPS) is 10.1. The standard InChI is InChI=1S/C12H13N5O7S2.2C10H8.2C3H8.2C2H6O2S.2Y/c1-14-16-7-3-5-6(12(9(7)13)26(20,21)22)4-8(25-24-23-19)10(11(5)18)17-15-2;2*1-2-6-10-8-4-3-7-9(10)5-1;2*1-3-2;2*1-2-5-4-3;;/h3-4,18-19H,13H2,1-2H3,(H,20,21,22);2*1-8H;2*3H2,1-2H3;2*3H,2H2,1H3;;. The molecule has 0 amide bonds. The monoisotopic (exact) mass is 1110 g/mol. The van der Waals surface area contributed by atoms with Crippen molar-refractivity contribution in [1.82, 2.24) is 0 Å². The Morgan fingerprint density at radius 3 is 1.25 bits per heavy atom. The zero-order chi connectivity index (χ0) is 46.8. The molecule has 2 radical (unpaired) electrons. The van der Waals surface area contributed by atoms with Gasteiger partial charge in [0.15, 0.2) is 5.75 Å². The van der Waals surface area contributed by atoms with Gasteiger partial charge in [0.1, 0.15) is 16.3 Å². The first-order chi connectivity index (χ1) is 29.8. The van der Waals surface area contributed by atoms with Crippen molar-refractivity contribution < 1.29 is 117 Å². The van der Waals surface area contributed by atoms with Crippen LogP contribution in [0.2, 0.25) is 0 Å². The van der Waals surface area contributed by atoms with Crippen LogP contribution in [0.4, 0.5) is 17.1 Å². The van der Waals surface area contributed by atoms with E-state index in [1.165, 1.54) is 60.6 Å². The molecule has 346 valence electrons. The molecule has 0 aliphatic rings. The second-order valence-electron chi connectivity index (χ2n) is 11.7. The van der Waals surface area contributed by atoms with Gasteiger partial charge in [-0.3, -0.25) is 4.55 Å². The van der Waals surface area contributed by atoms with Crippen molar-refractivity contribution >= 4 is 95.6 Å². The molecule has 22 heteroatoms. The molecular weight excluding hydrogens is 1060 g/mol. The van der Waals surface area contributed by atoms with Crippen LogP contribution in [0.15, 0.2) is 139 Å². The summed E-state index contributed by atoms with van der Waals surface area (Å²) in [4.78, 5) is -0.664. The van der Waals surface area contributed by atoms with Crippen LogP contribution < -0.4 is 5.73 Å². The third-order valence-electron chi connectivity index (χ3n) is 6.80. The molecule has 0 saturated heterocycles. The van der Waals surface area contributed by atoms with Gasteiger partial charge in [0.25, 0.3) is 10.1 Å². The van der Waals surface area contributed by atoms with Gasteiger partial charge in [0.2, 0.25) is 0 Å². The molecule has 0 spiro atoms. The van der Waals surface area contributed by atoms with Gasteiger partial charge in [-0.2, -0.15) is 37.5 Å². The molecule has 0 aromatic heterocycles. The van der Waals surface area contributed by atoms with Gasteiger partial charge >= 0.3 is 0 Å². The van der Waals surface area contributed by atoms with Gasteiger partial charge in [-0.25, -0.2) is 15.8 Å². The van der Waals surface area contributed by atoms with E-state index in [2.05, 4.69) is 163 Å². The molecule has 0 aliphatic heterocycles. The number of hydrogen-bond acceptors (Lipinski definition) is 18. The molecule has 0 atom stereocenters. The van der Waals surface area contributed by atoms with E-state index in [1.807, 2.05) is 13.8 Å². The largest absolute Gasteiger partial charge is 0.505 e. The van der Waals surface area contributed by atoms with E-state index in [0.717, 1.165) is 35.6 Å². The number of rotatable bonds is 10. The summed E-state index contributed by atoms with van der Waals surface area (Å²) >= 11 is 2.45. The van der Waals surface area contributed by atoms with Crippen LogP contribution in [0.5, 0.6) is 5.75 Å². The Labute approximate surface area is 439 Å². The smallest absolute Gasteiger partial charge is 0.297 e. The Kier molecular flexibility index (Phi) is 42.3. The molecule has 0 heterocycles. The van der Waals surface area contributed by atoms with Crippen molar-refractivity contribution in [2.45, 2.75) is 64.2 Å².